The van der Waals surface area contributed by atoms with Crippen LogP contribution < -0.4 is 0 Å². The Bertz CT molecular complexity index is 48.2. The van der Waals surface area contributed by atoms with Crippen molar-refractivity contribution in [2.75, 3.05) is 0 Å². The van der Waals surface area contributed by atoms with Crippen LogP contribution >= 0.6 is 13.6 Å². The Morgan fingerprint density at radius 2 is 2.00 bits per heavy atom. The van der Waals surface area contributed by atoms with Gasteiger partial charge in [0.1, 0.15) is 0 Å². The Morgan fingerprint density at radius 1 is 1.86 bits per heavy atom. The molecule has 0 aromatic carbocycles. The topological polar surface area (TPSA) is 26.3 Å². The molecule has 38 valence electrons. The van der Waals surface area contributed by atoms with E-state index in [1.165, 1.54) is 23.3 Å². The first-order valence-corrected chi connectivity index (χ1v) is 8.41. The molecule has 7 heavy (non-hydrogen) atoms. The summed E-state index contributed by atoms with van der Waals surface area (Å²) < 4.78 is 3.86. The number of esters is 1. The summed E-state index contributed by atoms with van der Waals surface area (Å²) in [7, 11) is 2.84. The van der Waals surface area contributed by atoms with E-state index in [0.29, 0.717) is 0 Å². The molecule has 0 heterocycles. The van der Waals surface area contributed by atoms with Crippen LogP contribution in [0, 0.1) is 7.11 Å². The molecule has 0 spiro atoms. The monoisotopic (exact) mass is 216 g/mol. The van der Waals surface area contributed by atoms with E-state index in [1.54, 1.807) is 0 Å². The van der Waals surface area contributed by atoms with E-state index in [2.05, 4.69) is 25.5 Å². The zero-order valence-corrected chi connectivity index (χ0v) is 8.66. The fourth-order valence-corrected chi connectivity index (χ4v) is 0. The Kier molecular flexibility index (Phi) is 14.7. The normalized spacial score (nSPS) is 5.86. The van der Waals surface area contributed by atoms with Crippen molar-refractivity contribution in [3.63, 3.8) is 0 Å². The number of rotatable bonds is 0. The fraction of sp³-hybridized carbons (Fsp3) is 0.333. The second kappa shape index (κ2) is 9.76. The number of halogens is 1. The maximum atomic E-state index is 9.53. The van der Waals surface area contributed by atoms with Crippen molar-refractivity contribution in [3.8, 4) is 0 Å². The summed E-state index contributed by atoms with van der Waals surface area (Å²) in [6, 6.07) is 0. The molecular formula is C3H5BrO2Zn. The molecule has 0 N–H and O–H groups in total. The van der Waals surface area contributed by atoms with Gasteiger partial charge in [-0.1, -0.05) is 0 Å². The van der Waals surface area contributed by atoms with Gasteiger partial charge in [-0.05, 0) is 0 Å². The minimum atomic E-state index is -0.356. The molecule has 0 aliphatic heterocycles. The van der Waals surface area contributed by atoms with E-state index in [-0.39, 0.29) is 5.97 Å². The van der Waals surface area contributed by atoms with E-state index < -0.39 is 0 Å². The maximum absolute atomic E-state index is 9.53. The van der Waals surface area contributed by atoms with Crippen molar-refractivity contribution in [3.05, 3.63) is 7.11 Å². The van der Waals surface area contributed by atoms with Crippen molar-refractivity contribution in [2.45, 2.75) is 6.92 Å². The predicted octanol–water partition coefficient (Wildman–Crippen LogP) is 1.18. The molecule has 0 saturated carbocycles. The van der Waals surface area contributed by atoms with Crippen molar-refractivity contribution >= 4 is 19.6 Å². The van der Waals surface area contributed by atoms with E-state index in [0.717, 1.165) is 0 Å². The number of carbonyl (C=O) groups excluding carboxylic acids is 1. The first-order chi connectivity index (χ1) is 3.27. The van der Waals surface area contributed by atoms with Crippen LogP contribution in [0.5, 0.6) is 0 Å². The molecule has 0 aromatic heterocycles. The molecule has 0 saturated heterocycles. The van der Waals surface area contributed by atoms with Crippen LogP contribution in [0.3, 0.4) is 0 Å². The number of hydrogen-bond acceptors (Lipinski definition) is 2. The zero-order chi connectivity index (χ0) is 6.28. The molecule has 0 bridgehead atoms. The van der Waals surface area contributed by atoms with Crippen LogP contribution in [-0.4, -0.2) is 5.97 Å². The Labute approximate surface area is 59.6 Å². The van der Waals surface area contributed by atoms with Gasteiger partial charge in [0.05, 0.1) is 0 Å². The molecule has 0 radical (unpaired) electrons. The van der Waals surface area contributed by atoms with Crippen molar-refractivity contribution in [1.82, 2.24) is 0 Å². The number of hydrogen-bond donors (Lipinski definition) is 0. The molecular weight excluding hydrogens is 213 g/mol. The predicted molar refractivity (Wildman–Crippen MR) is 26.0 cm³/mol. The minimum absolute atomic E-state index is 0.356. The third kappa shape index (κ3) is 20.8. The zero-order valence-electron chi connectivity index (χ0n) is 4.11. The van der Waals surface area contributed by atoms with Gasteiger partial charge >= 0.3 is 30.0 Å². The van der Waals surface area contributed by atoms with Crippen LogP contribution in [0.2, 0.25) is 0 Å². The summed E-state index contributed by atoms with van der Waals surface area (Å²) in [5.74, 6) is -0.356. The van der Waals surface area contributed by atoms with E-state index in [1.807, 2.05) is 0 Å². The molecule has 0 aliphatic carbocycles. The molecule has 2 nitrogen and oxygen atoms in total. The third-order valence-corrected chi connectivity index (χ3v) is 0.203. The van der Waals surface area contributed by atoms with Crippen LogP contribution in [0.25, 0.3) is 0 Å². The summed E-state index contributed by atoms with van der Waals surface area (Å²) in [6.45, 7) is 1.30. The standard InChI is InChI=1S/C3H5O2.BrH.Zn/c1-3(4)5-2;;/h2H2,1H3;1H;/q-1;;+2/p-1. The van der Waals surface area contributed by atoms with Gasteiger partial charge in [-0.15, -0.1) is 0 Å². The Morgan fingerprint density at radius 3 is 2.00 bits per heavy atom. The molecule has 0 amide bonds. The molecule has 0 aliphatic rings. The molecule has 0 atom stereocenters. The van der Waals surface area contributed by atoms with Crippen molar-refractivity contribution < 1.29 is 25.9 Å². The second-order valence-corrected chi connectivity index (χ2v) is 0.636. The van der Waals surface area contributed by atoms with Gasteiger partial charge < -0.3 is 4.74 Å². The van der Waals surface area contributed by atoms with Gasteiger partial charge in [0.15, 0.2) is 0 Å². The van der Waals surface area contributed by atoms with E-state index in [9.17, 15) is 4.79 Å². The summed E-state index contributed by atoms with van der Waals surface area (Å²) >= 11 is 4.25. The fourth-order valence-electron chi connectivity index (χ4n) is 0. The van der Waals surface area contributed by atoms with Gasteiger partial charge in [-0.2, -0.15) is 7.11 Å². The molecule has 0 rings (SSSR count). The molecule has 0 aromatic rings. The Balaban J connectivity index is 0. The van der Waals surface area contributed by atoms with Gasteiger partial charge in [0.2, 0.25) is 0 Å². The van der Waals surface area contributed by atoms with Gasteiger partial charge in [-0.25, -0.2) is 0 Å². The van der Waals surface area contributed by atoms with Gasteiger partial charge in [-0.3, -0.25) is 4.79 Å². The van der Waals surface area contributed by atoms with Crippen molar-refractivity contribution in [1.29, 1.82) is 0 Å². The number of ether oxygens (including phenoxy) is 1. The summed E-state index contributed by atoms with van der Waals surface area (Å²) in [6.07, 6.45) is 0. The van der Waals surface area contributed by atoms with Crippen molar-refractivity contribution in [2.24, 2.45) is 0 Å². The van der Waals surface area contributed by atoms with E-state index in [4.69, 9.17) is 0 Å². The first-order valence-electron chi connectivity index (χ1n) is 1.46. The van der Waals surface area contributed by atoms with Crippen LogP contribution in [0.1, 0.15) is 6.92 Å². The summed E-state index contributed by atoms with van der Waals surface area (Å²) in [5.41, 5.74) is 0. The van der Waals surface area contributed by atoms with Gasteiger partial charge in [0, 0.05) is 6.92 Å². The number of carbonyl (C=O) groups is 1. The summed E-state index contributed by atoms with van der Waals surface area (Å²) in [5, 5.41) is 0. The van der Waals surface area contributed by atoms with Crippen LogP contribution in [-0.2, 0) is 25.9 Å². The van der Waals surface area contributed by atoms with Crippen LogP contribution in [0.4, 0.5) is 0 Å². The first kappa shape index (κ1) is 10.5. The van der Waals surface area contributed by atoms with E-state index >= 15 is 0 Å². The molecule has 0 fully saturated rings. The summed E-state index contributed by atoms with van der Waals surface area (Å²) in [4.78, 5) is 9.53. The van der Waals surface area contributed by atoms with Crippen LogP contribution in [0.15, 0.2) is 0 Å². The average Bonchev–Trinajstić information content (AvgIpc) is 1.73. The second-order valence-electron chi connectivity index (χ2n) is 0.636. The SMILES string of the molecule is [CH2-]OC(C)=O.[Zn+][Br]. The third-order valence-electron chi connectivity index (χ3n) is 0.203. The van der Waals surface area contributed by atoms with Gasteiger partial charge in [0.25, 0.3) is 5.97 Å². The Hall–Kier alpha value is 0.573. The molecule has 0 unspecified atom stereocenters. The molecule has 4 heteroatoms. The average molecular weight is 218 g/mol. The quantitative estimate of drug-likeness (QED) is 0.347.